The highest BCUT2D eigenvalue weighted by molar-refractivity contribution is 5.85. The number of amides is 3. The zero-order valence-electron chi connectivity index (χ0n) is 13.0. The number of aryl methyl sites for hydroxylation is 2. The lowest BCUT2D eigenvalue weighted by Gasteiger charge is -2.06. The van der Waals surface area contributed by atoms with Gasteiger partial charge in [0, 0.05) is 36.1 Å². The van der Waals surface area contributed by atoms with E-state index >= 15 is 0 Å². The highest BCUT2D eigenvalue weighted by Gasteiger charge is 2.07. The number of urea groups is 1. The van der Waals surface area contributed by atoms with Crippen LogP contribution in [0.5, 0.6) is 0 Å². The van der Waals surface area contributed by atoms with Gasteiger partial charge in [-0.2, -0.15) is 0 Å². The minimum Gasteiger partial charge on any atom is -0.358 e. The summed E-state index contributed by atoms with van der Waals surface area (Å²) < 4.78 is 0. The molecule has 0 saturated heterocycles. The van der Waals surface area contributed by atoms with Gasteiger partial charge in [-0.3, -0.25) is 4.79 Å². The van der Waals surface area contributed by atoms with Crippen molar-refractivity contribution in [2.45, 2.75) is 33.2 Å². The molecule has 0 aliphatic heterocycles. The van der Waals surface area contributed by atoms with Gasteiger partial charge in [0.2, 0.25) is 5.91 Å². The summed E-state index contributed by atoms with van der Waals surface area (Å²) in [5, 5.41) is 6.42. The summed E-state index contributed by atoms with van der Waals surface area (Å²) in [6, 6.07) is 5.52. The Balaban J connectivity index is 1.95. The Bertz CT molecular complexity index is 691. The molecule has 0 radical (unpaired) electrons. The van der Waals surface area contributed by atoms with Crippen molar-refractivity contribution in [3.05, 3.63) is 35.0 Å². The van der Waals surface area contributed by atoms with Crippen LogP contribution in [-0.4, -0.2) is 23.5 Å². The van der Waals surface area contributed by atoms with Crippen LogP contribution in [0.15, 0.2) is 18.2 Å². The van der Waals surface area contributed by atoms with Gasteiger partial charge in [-0.25, -0.2) is 4.79 Å². The first-order valence-corrected chi connectivity index (χ1v) is 7.41. The molecule has 118 valence electrons. The fraction of sp³-hybridized carbons (Fsp3) is 0.375. The average molecular weight is 302 g/mol. The lowest BCUT2D eigenvalue weighted by Crippen LogP contribution is -2.33. The van der Waals surface area contributed by atoms with E-state index in [0.717, 1.165) is 17.5 Å². The van der Waals surface area contributed by atoms with Crippen molar-refractivity contribution in [1.82, 2.24) is 15.6 Å². The van der Waals surface area contributed by atoms with E-state index in [-0.39, 0.29) is 18.9 Å². The number of hydrogen-bond donors (Lipinski definition) is 4. The van der Waals surface area contributed by atoms with E-state index in [1.165, 1.54) is 16.6 Å². The summed E-state index contributed by atoms with van der Waals surface area (Å²) in [5.74, 6) is -0.117. The normalized spacial score (nSPS) is 10.6. The zero-order chi connectivity index (χ0) is 16.1. The Labute approximate surface area is 129 Å². The fourth-order valence-corrected chi connectivity index (χ4v) is 2.48. The Hall–Kier alpha value is -2.50. The van der Waals surface area contributed by atoms with Gasteiger partial charge < -0.3 is 21.4 Å². The molecular weight excluding hydrogens is 280 g/mol. The number of aromatic nitrogens is 1. The third-order valence-corrected chi connectivity index (χ3v) is 3.72. The Kier molecular flexibility index (Phi) is 5.04. The first-order valence-electron chi connectivity index (χ1n) is 7.41. The number of nitrogens with two attached hydrogens (primary N) is 1. The molecule has 22 heavy (non-hydrogen) atoms. The molecule has 0 fully saturated rings. The molecule has 0 aliphatic carbocycles. The predicted molar refractivity (Wildman–Crippen MR) is 86.5 cm³/mol. The molecule has 3 amide bonds. The molecule has 2 aromatic rings. The number of primary amides is 1. The van der Waals surface area contributed by atoms with E-state index in [2.05, 4.69) is 35.5 Å². The molecule has 0 unspecified atom stereocenters. The number of benzene rings is 1. The lowest BCUT2D eigenvalue weighted by atomic mass is 10.1. The van der Waals surface area contributed by atoms with Gasteiger partial charge in [0.25, 0.3) is 0 Å². The van der Waals surface area contributed by atoms with E-state index in [0.29, 0.717) is 6.54 Å². The molecule has 1 heterocycles. The van der Waals surface area contributed by atoms with Gasteiger partial charge in [-0.1, -0.05) is 13.0 Å². The van der Waals surface area contributed by atoms with Crippen molar-refractivity contribution in [1.29, 1.82) is 0 Å². The van der Waals surface area contributed by atoms with Crippen molar-refractivity contribution in [3.8, 4) is 0 Å². The van der Waals surface area contributed by atoms with Gasteiger partial charge >= 0.3 is 6.03 Å². The lowest BCUT2D eigenvalue weighted by molar-refractivity contribution is -0.121. The average Bonchev–Trinajstić information content (AvgIpc) is 2.81. The Morgan fingerprint density at radius 3 is 2.73 bits per heavy atom. The predicted octanol–water partition coefficient (Wildman–Crippen LogP) is 1.71. The van der Waals surface area contributed by atoms with Gasteiger partial charge in [0.1, 0.15) is 0 Å². The highest BCUT2D eigenvalue weighted by Crippen LogP contribution is 2.23. The molecule has 6 nitrogen and oxygen atoms in total. The van der Waals surface area contributed by atoms with Gasteiger partial charge in [-0.05, 0) is 36.6 Å². The molecule has 2 rings (SSSR count). The van der Waals surface area contributed by atoms with Crippen LogP contribution in [0.25, 0.3) is 10.9 Å². The van der Waals surface area contributed by atoms with E-state index in [1.54, 1.807) is 0 Å². The molecule has 5 N–H and O–H groups in total. The van der Waals surface area contributed by atoms with Crippen molar-refractivity contribution in [2.24, 2.45) is 5.73 Å². The van der Waals surface area contributed by atoms with Crippen LogP contribution in [0, 0.1) is 6.92 Å². The molecule has 0 aliphatic rings. The van der Waals surface area contributed by atoms with Crippen molar-refractivity contribution in [2.75, 3.05) is 6.54 Å². The highest BCUT2D eigenvalue weighted by atomic mass is 16.2. The number of hydrogen-bond acceptors (Lipinski definition) is 2. The van der Waals surface area contributed by atoms with Gasteiger partial charge in [0.15, 0.2) is 0 Å². The Morgan fingerprint density at radius 1 is 1.27 bits per heavy atom. The quantitative estimate of drug-likeness (QED) is 0.653. The second-order valence-corrected chi connectivity index (χ2v) is 5.28. The first-order chi connectivity index (χ1) is 10.5. The zero-order valence-corrected chi connectivity index (χ0v) is 13.0. The Morgan fingerprint density at radius 2 is 2.05 bits per heavy atom. The second kappa shape index (κ2) is 6.98. The number of carbonyl (C=O) groups excluding carboxylic acids is 2. The largest absolute Gasteiger partial charge is 0.358 e. The topological polar surface area (TPSA) is 100 Å². The monoisotopic (exact) mass is 302 g/mol. The standard InChI is InChI=1S/C16H22N4O2/c1-3-13-10(2)12-8-11(4-5-14(12)20-13)9-19-15(21)6-7-18-16(17)22/h4-5,8,20H,3,6-7,9H2,1-2H3,(H,19,21)(H3,17,18,22). The van der Waals surface area contributed by atoms with Crippen molar-refractivity contribution in [3.63, 3.8) is 0 Å². The maximum Gasteiger partial charge on any atom is 0.312 e. The summed E-state index contributed by atoms with van der Waals surface area (Å²) in [6.45, 7) is 4.95. The molecule has 0 bridgehead atoms. The fourth-order valence-electron chi connectivity index (χ4n) is 2.48. The van der Waals surface area contributed by atoms with Crippen molar-refractivity contribution < 1.29 is 9.59 Å². The SMILES string of the molecule is CCc1[nH]c2ccc(CNC(=O)CCNC(N)=O)cc2c1C. The first kappa shape index (κ1) is 15.9. The van der Waals surface area contributed by atoms with Crippen LogP contribution in [0.2, 0.25) is 0 Å². The summed E-state index contributed by atoms with van der Waals surface area (Å²) in [7, 11) is 0. The van der Waals surface area contributed by atoms with Crippen LogP contribution >= 0.6 is 0 Å². The van der Waals surface area contributed by atoms with E-state index < -0.39 is 6.03 Å². The van der Waals surface area contributed by atoms with E-state index in [4.69, 9.17) is 5.73 Å². The van der Waals surface area contributed by atoms with Gasteiger partial charge in [0.05, 0.1) is 0 Å². The molecule has 0 atom stereocenters. The number of H-pyrrole nitrogens is 1. The van der Waals surface area contributed by atoms with Crippen LogP contribution < -0.4 is 16.4 Å². The summed E-state index contributed by atoms with van der Waals surface area (Å²) in [5.41, 5.74) is 9.61. The van der Waals surface area contributed by atoms with Crippen LogP contribution in [0.3, 0.4) is 0 Å². The molecule has 1 aromatic heterocycles. The molecule has 1 aromatic carbocycles. The second-order valence-electron chi connectivity index (χ2n) is 5.28. The number of carbonyl (C=O) groups is 2. The smallest absolute Gasteiger partial charge is 0.312 e. The number of aromatic amines is 1. The molecule has 0 spiro atoms. The van der Waals surface area contributed by atoms with Crippen LogP contribution in [0.4, 0.5) is 4.79 Å². The van der Waals surface area contributed by atoms with E-state index in [1.807, 2.05) is 12.1 Å². The maximum absolute atomic E-state index is 11.7. The van der Waals surface area contributed by atoms with Crippen LogP contribution in [0.1, 0.15) is 30.2 Å². The van der Waals surface area contributed by atoms with Crippen molar-refractivity contribution >= 4 is 22.8 Å². The molecule has 6 heteroatoms. The minimum atomic E-state index is -0.618. The minimum absolute atomic E-state index is 0.117. The summed E-state index contributed by atoms with van der Waals surface area (Å²) in [4.78, 5) is 25.6. The molecule has 0 saturated carbocycles. The van der Waals surface area contributed by atoms with Crippen LogP contribution in [-0.2, 0) is 17.8 Å². The molecular formula is C16H22N4O2. The summed E-state index contributed by atoms with van der Waals surface area (Å²) in [6.07, 6.45) is 1.19. The van der Waals surface area contributed by atoms with Gasteiger partial charge in [-0.15, -0.1) is 0 Å². The summed E-state index contributed by atoms with van der Waals surface area (Å²) >= 11 is 0. The third kappa shape index (κ3) is 3.78. The third-order valence-electron chi connectivity index (χ3n) is 3.72. The number of rotatable bonds is 6. The number of fused-ring (bicyclic) bond motifs is 1. The van der Waals surface area contributed by atoms with E-state index in [9.17, 15) is 9.59 Å². The maximum atomic E-state index is 11.7. The number of nitrogens with one attached hydrogen (secondary N) is 3.